The Bertz CT molecular complexity index is 391. The summed E-state index contributed by atoms with van der Waals surface area (Å²) in [6.45, 7) is 7.84. The van der Waals surface area contributed by atoms with Gasteiger partial charge < -0.3 is 5.32 Å². The topological polar surface area (TPSA) is 42.0 Å². The normalized spacial score (nSPS) is 11.6. The number of aromatic nitrogens is 1. The van der Waals surface area contributed by atoms with E-state index in [2.05, 4.69) is 10.3 Å². The minimum absolute atomic E-state index is 0.0579. The number of rotatable bonds is 5. The summed E-state index contributed by atoms with van der Waals surface area (Å²) in [5, 5.41) is 3.96. The fourth-order valence-electron chi connectivity index (χ4n) is 1.69. The molecule has 1 rings (SSSR count). The Kier molecular flexibility index (Phi) is 4.95. The van der Waals surface area contributed by atoms with Gasteiger partial charge in [-0.2, -0.15) is 0 Å². The molecule has 1 N–H and O–H groups in total. The van der Waals surface area contributed by atoms with E-state index in [-0.39, 0.29) is 11.4 Å². The fraction of sp³-hybridized carbons (Fsp3) is 0.667. The average Bonchev–Trinajstić information content (AvgIpc) is 2.65. The molecule has 96 valence electrons. The molecule has 0 saturated heterocycles. The van der Waals surface area contributed by atoms with E-state index in [1.165, 1.54) is 11.3 Å². The molecule has 5 heteroatoms. The molecule has 0 aliphatic heterocycles. The highest BCUT2D eigenvalue weighted by Gasteiger charge is 2.28. The van der Waals surface area contributed by atoms with Crippen molar-refractivity contribution >= 4 is 28.8 Å². The second kappa shape index (κ2) is 5.83. The number of hydrogen-bond donors (Lipinski definition) is 1. The third-order valence-corrected chi connectivity index (χ3v) is 4.68. The standard InChI is InChI=1S/C12H19ClN2OS/c1-5-12(6-2,7-13)15-11(16)10-8(3)14-9(4)17-10/h5-7H2,1-4H3,(H,15,16). The predicted octanol–water partition coefficient (Wildman–Crippen LogP) is 3.29. The molecule has 0 radical (unpaired) electrons. The number of thiazole rings is 1. The SMILES string of the molecule is CCC(CC)(CCl)NC(=O)c1sc(C)nc1C. The molecule has 0 aliphatic carbocycles. The highest BCUT2D eigenvalue weighted by Crippen LogP contribution is 2.21. The van der Waals surface area contributed by atoms with Crippen molar-refractivity contribution in [1.29, 1.82) is 0 Å². The summed E-state index contributed by atoms with van der Waals surface area (Å²) in [6, 6.07) is 0. The van der Waals surface area contributed by atoms with E-state index in [0.29, 0.717) is 10.8 Å². The van der Waals surface area contributed by atoms with Crippen LogP contribution in [0.3, 0.4) is 0 Å². The van der Waals surface area contributed by atoms with Crippen molar-refractivity contribution in [2.24, 2.45) is 0 Å². The van der Waals surface area contributed by atoms with Crippen molar-refractivity contribution in [2.75, 3.05) is 5.88 Å². The number of amides is 1. The van der Waals surface area contributed by atoms with Gasteiger partial charge in [0.1, 0.15) is 4.88 Å². The second-order valence-corrected chi connectivity index (χ2v) is 5.69. The highest BCUT2D eigenvalue weighted by molar-refractivity contribution is 7.13. The van der Waals surface area contributed by atoms with Crippen LogP contribution in [0.1, 0.15) is 47.1 Å². The lowest BCUT2D eigenvalue weighted by atomic mass is 9.95. The lowest BCUT2D eigenvalue weighted by Crippen LogP contribution is -2.49. The molecule has 0 aliphatic rings. The first kappa shape index (κ1) is 14.5. The van der Waals surface area contributed by atoms with Crippen molar-refractivity contribution in [1.82, 2.24) is 10.3 Å². The van der Waals surface area contributed by atoms with E-state index in [1.54, 1.807) is 0 Å². The zero-order valence-corrected chi connectivity index (χ0v) is 12.3. The molecule has 0 fully saturated rings. The molecule has 17 heavy (non-hydrogen) atoms. The molecule has 3 nitrogen and oxygen atoms in total. The fourth-order valence-corrected chi connectivity index (χ4v) is 2.95. The first-order valence-electron chi connectivity index (χ1n) is 5.80. The minimum atomic E-state index is -0.303. The molecular weight excluding hydrogens is 256 g/mol. The van der Waals surface area contributed by atoms with E-state index in [0.717, 1.165) is 23.5 Å². The van der Waals surface area contributed by atoms with E-state index in [4.69, 9.17) is 11.6 Å². The van der Waals surface area contributed by atoms with Crippen LogP contribution in [-0.4, -0.2) is 22.3 Å². The summed E-state index contributed by atoms with van der Waals surface area (Å²) in [4.78, 5) is 17.1. The summed E-state index contributed by atoms with van der Waals surface area (Å²) in [6.07, 6.45) is 1.66. The Labute approximate surface area is 112 Å². The van der Waals surface area contributed by atoms with Crippen LogP contribution in [0, 0.1) is 13.8 Å². The Morgan fingerprint density at radius 2 is 2.00 bits per heavy atom. The summed E-state index contributed by atoms with van der Waals surface area (Å²) < 4.78 is 0. The molecule has 0 spiro atoms. The lowest BCUT2D eigenvalue weighted by Gasteiger charge is -2.30. The molecule has 0 aromatic carbocycles. The minimum Gasteiger partial charge on any atom is -0.345 e. The van der Waals surface area contributed by atoms with Crippen LogP contribution in [0.4, 0.5) is 0 Å². The quantitative estimate of drug-likeness (QED) is 0.837. The van der Waals surface area contributed by atoms with Crippen LogP contribution < -0.4 is 5.32 Å². The van der Waals surface area contributed by atoms with Crippen molar-refractivity contribution < 1.29 is 4.79 Å². The summed E-state index contributed by atoms with van der Waals surface area (Å²) >= 11 is 7.40. The first-order valence-corrected chi connectivity index (χ1v) is 7.15. The number of aryl methyl sites for hydroxylation is 2. The van der Waals surface area contributed by atoms with Gasteiger partial charge >= 0.3 is 0 Å². The summed E-state index contributed by atoms with van der Waals surface area (Å²) in [5.41, 5.74) is 0.490. The number of halogens is 1. The van der Waals surface area contributed by atoms with Crippen molar-refractivity contribution in [3.8, 4) is 0 Å². The molecule has 0 bridgehead atoms. The smallest absolute Gasteiger partial charge is 0.263 e. The van der Waals surface area contributed by atoms with Gasteiger partial charge in [0.05, 0.1) is 16.2 Å². The van der Waals surface area contributed by atoms with Crippen molar-refractivity contribution in [2.45, 2.75) is 46.1 Å². The van der Waals surface area contributed by atoms with Crippen LogP contribution in [0.15, 0.2) is 0 Å². The van der Waals surface area contributed by atoms with Crippen LogP contribution in [0.25, 0.3) is 0 Å². The number of alkyl halides is 1. The number of carbonyl (C=O) groups excluding carboxylic acids is 1. The van der Waals surface area contributed by atoms with Crippen LogP contribution in [-0.2, 0) is 0 Å². The van der Waals surface area contributed by atoms with Gasteiger partial charge in [-0.25, -0.2) is 4.98 Å². The maximum absolute atomic E-state index is 12.2. The number of carbonyl (C=O) groups is 1. The molecule has 1 heterocycles. The van der Waals surface area contributed by atoms with Gasteiger partial charge in [-0.3, -0.25) is 4.79 Å². The maximum atomic E-state index is 12.2. The third kappa shape index (κ3) is 3.19. The van der Waals surface area contributed by atoms with E-state index < -0.39 is 0 Å². The van der Waals surface area contributed by atoms with Gasteiger partial charge in [0.25, 0.3) is 5.91 Å². The Morgan fingerprint density at radius 1 is 1.41 bits per heavy atom. The largest absolute Gasteiger partial charge is 0.345 e. The Balaban J connectivity index is 2.88. The van der Waals surface area contributed by atoms with Gasteiger partial charge in [-0.05, 0) is 26.7 Å². The number of hydrogen-bond acceptors (Lipinski definition) is 3. The number of nitrogens with zero attached hydrogens (tertiary/aromatic N) is 1. The van der Waals surface area contributed by atoms with E-state index in [1.807, 2.05) is 27.7 Å². The van der Waals surface area contributed by atoms with Crippen molar-refractivity contribution in [3.63, 3.8) is 0 Å². The molecular formula is C12H19ClN2OS. The zero-order valence-electron chi connectivity index (χ0n) is 10.8. The monoisotopic (exact) mass is 274 g/mol. The van der Waals surface area contributed by atoms with Crippen LogP contribution in [0.2, 0.25) is 0 Å². The summed E-state index contributed by atoms with van der Waals surface area (Å²) in [7, 11) is 0. The second-order valence-electron chi connectivity index (χ2n) is 4.22. The molecule has 1 amide bonds. The molecule has 0 atom stereocenters. The molecule has 0 unspecified atom stereocenters. The highest BCUT2D eigenvalue weighted by atomic mass is 35.5. The van der Waals surface area contributed by atoms with Gasteiger partial charge in [-0.15, -0.1) is 22.9 Å². The zero-order chi connectivity index (χ0) is 13.1. The van der Waals surface area contributed by atoms with Crippen molar-refractivity contribution in [3.05, 3.63) is 15.6 Å². The van der Waals surface area contributed by atoms with E-state index >= 15 is 0 Å². The van der Waals surface area contributed by atoms with Crippen LogP contribution in [0.5, 0.6) is 0 Å². The molecule has 1 aromatic rings. The van der Waals surface area contributed by atoms with E-state index in [9.17, 15) is 4.79 Å². The van der Waals surface area contributed by atoms with Gasteiger partial charge in [0.15, 0.2) is 0 Å². The summed E-state index contributed by atoms with van der Waals surface area (Å²) in [5.74, 6) is 0.375. The molecule has 0 saturated carbocycles. The van der Waals surface area contributed by atoms with Gasteiger partial charge in [-0.1, -0.05) is 13.8 Å². The first-order chi connectivity index (χ1) is 7.98. The average molecular weight is 275 g/mol. The maximum Gasteiger partial charge on any atom is 0.263 e. The third-order valence-electron chi connectivity index (χ3n) is 3.10. The number of nitrogens with one attached hydrogen (secondary N) is 1. The lowest BCUT2D eigenvalue weighted by molar-refractivity contribution is 0.0906. The Morgan fingerprint density at radius 3 is 2.35 bits per heavy atom. The van der Waals surface area contributed by atoms with Gasteiger partial charge in [0, 0.05) is 5.88 Å². The Hall–Kier alpha value is -0.610. The molecule has 1 aromatic heterocycles. The van der Waals surface area contributed by atoms with Gasteiger partial charge in [0.2, 0.25) is 0 Å². The predicted molar refractivity (Wildman–Crippen MR) is 73.1 cm³/mol. The van der Waals surface area contributed by atoms with Crippen LogP contribution >= 0.6 is 22.9 Å².